The molecule has 1 aliphatic carbocycles. The molecule has 1 aliphatic rings. The van der Waals surface area contributed by atoms with Gasteiger partial charge in [0.25, 0.3) is 0 Å². The second kappa shape index (κ2) is 8.40. The van der Waals surface area contributed by atoms with E-state index in [1.165, 1.54) is 6.42 Å². The first-order valence-corrected chi connectivity index (χ1v) is 7.04. The maximum Gasteiger partial charge on any atom is 0.389 e. The second-order valence-electron chi connectivity index (χ2n) is 5.15. The molecule has 19 heavy (non-hydrogen) atoms. The molecule has 0 aromatic rings. The molecule has 6 heteroatoms. The summed E-state index contributed by atoms with van der Waals surface area (Å²) < 4.78 is 35.6. The third kappa shape index (κ3) is 8.86. The Labute approximate surface area is 112 Å². The smallest absolute Gasteiger partial charge is 0.352 e. The Bertz CT molecular complexity index is 263. The van der Waals surface area contributed by atoms with Crippen LogP contribution < -0.4 is 10.6 Å². The van der Waals surface area contributed by atoms with E-state index in [-0.39, 0.29) is 24.9 Å². The number of amides is 1. The van der Waals surface area contributed by atoms with Gasteiger partial charge in [0, 0.05) is 12.5 Å². The van der Waals surface area contributed by atoms with Crippen LogP contribution in [-0.2, 0) is 4.79 Å². The molecule has 0 unspecified atom stereocenters. The highest BCUT2D eigenvalue weighted by Gasteiger charge is 2.25. The van der Waals surface area contributed by atoms with Gasteiger partial charge in [0.1, 0.15) is 0 Å². The minimum atomic E-state index is -4.07. The normalized spacial score (nSPS) is 17.4. The van der Waals surface area contributed by atoms with Crippen molar-refractivity contribution in [3.05, 3.63) is 0 Å². The molecule has 0 bridgehead atoms. The maximum atomic E-state index is 11.9. The van der Waals surface area contributed by atoms with Crippen LogP contribution in [0.1, 0.15) is 51.4 Å². The predicted octanol–water partition coefficient (Wildman–Crippen LogP) is 2.76. The van der Waals surface area contributed by atoms with E-state index >= 15 is 0 Å². The first-order valence-electron chi connectivity index (χ1n) is 7.04. The number of rotatable bonds is 7. The summed E-state index contributed by atoms with van der Waals surface area (Å²) in [4.78, 5) is 11.5. The van der Waals surface area contributed by atoms with E-state index in [2.05, 4.69) is 10.6 Å². The Morgan fingerprint density at radius 3 is 2.42 bits per heavy atom. The van der Waals surface area contributed by atoms with Crippen molar-refractivity contribution in [3.8, 4) is 0 Å². The molecule has 2 N–H and O–H groups in total. The third-order valence-corrected chi connectivity index (χ3v) is 3.32. The molecule has 3 nitrogen and oxygen atoms in total. The fourth-order valence-electron chi connectivity index (χ4n) is 2.30. The van der Waals surface area contributed by atoms with Gasteiger partial charge in [-0.2, -0.15) is 13.2 Å². The lowest BCUT2D eigenvalue weighted by molar-refractivity contribution is -0.135. The van der Waals surface area contributed by atoms with Crippen LogP contribution in [0.15, 0.2) is 0 Å². The zero-order chi connectivity index (χ0) is 14.1. The van der Waals surface area contributed by atoms with E-state index in [0.717, 1.165) is 25.7 Å². The van der Waals surface area contributed by atoms with Gasteiger partial charge < -0.3 is 10.6 Å². The van der Waals surface area contributed by atoms with Crippen LogP contribution in [0.5, 0.6) is 0 Å². The van der Waals surface area contributed by atoms with Crippen molar-refractivity contribution in [3.63, 3.8) is 0 Å². The third-order valence-electron chi connectivity index (χ3n) is 3.32. The molecule has 1 saturated carbocycles. The van der Waals surface area contributed by atoms with Gasteiger partial charge in [-0.25, -0.2) is 0 Å². The van der Waals surface area contributed by atoms with E-state index < -0.39 is 12.6 Å². The summed E-state index contributed by atoms with van der Waals surface area (Å²) in [7, 11) is 0. The molecule has 0 aliphatic heterocycles. The molecule has 112 valence electrons. The molecule has 1 fully saturated rings. The van der Waals surface area contributed by atoms with Gasteiger partial charge in [-0.15, -0.1) is 0 Å². The molecule has 0 heterocycles. The van der Waals surface area contributed by atoms with Crippen molar-refractivity contribution in [1.29, 1.82) is 0 Å². The highest BCUT2D eigenvalue weighted by molar-refractivity contribution is 5.78. The first-order chi connectivity index (χ1) is 8.97. The van der Waals surface area contributed by atoms with E-state index in [4.69, 9.17) is 0 Å². The summed E-state index contributed by atoms with van der Waals surface area (Å²) >= 11 is 0. The largest absolute Gasteiger partial charge is 0.389 e. The summed E-state index contributed by atoms with van der Waals surface area (Å²) in [6, 6.07) is 0.285. The highest BCUT2D eigenvalue weighted by Crippen LogP contribution is 2.21. The van der Waals surface area contributed by atoms with Gasteiger partial charge >= 0.3 is 6.18 Å². The lowest BCUT2D eigenvalue weighted by Gasteiger charge is -2.22. The molecule has 0 atom stereocenters. The average Bonchev–Trinajstić information content (AvgIpc) is 2.33. The molecule has 0 radical (unpaired) electrons. The van der Waals surface area contributed by atoms with Crippen LogP contribution in [0.2, 0.25) is 0 Å². The molecule has 0 saturated heterocycles. The molecular formula is C13H23F3N2O. The van der Waals surface area contributed by atoms with E-state index in [1.54, 1.807) is 0 Å². The molecular weight excluding hydrogens is 257 g/mol. The number of unbranched alkanes of at least 4 members (excludes halogenated alkanes) is 1. The molecule has 0 aromatic heterocycles. The predicted molar refractivity (Wildman–Crippen MR) is 67.8 cm³/mol. The standard InChI is InChI=1S/C13H23F3N2O/c14-13(15,16)8-4-5-9-17-10-12(19)18-11-6-2-1-3-7-11/h11,17H,1-10H2,(H,18,19). The Morgan fingerprint density at radius 2 is 1.79 bits per heavy atom. The Balaban J connectivity index is 1.95. The summed E-state index contributed by atoms with van der Waals surface area (Å²) in [6.07, 6.45) is 1.38. The van der Waals surface area contributed by atoms with Crippen LogP contribution in [0.4, 0.5) is 13.2 Å². The van der Waals surface area contributed by atoms with Gasteiger partial charge in [-0.1, -0.05) is 19.3 Å². The van der Waals surface area contributed by atoms with Crippen molar-refractivity contribution in [2.45, 2.75) is 63.6 Å². The van der Waals surface area contributed by atoms with Crippen molar-refractivity contribution in [2.24, 2.45) is 0 Å². The summed E-state index contributed by atoms with van der Waals surface area (Å²) in [6.45, 7) is 0.649. The number of carbonyl (C=O) groups is 1. The number of carbonyl (C=O) groups excluding carboxylic acids is 1. The van der Waals surface area contributed by atoms with Gasteiger partial charge in [-0.3, -0.25) is 4.79 Å². The minimum Gasteiger partial charge on any atom is -0.352 e. The maximum absolute atomic E-state index is 11.9. The van der Waals surface area contributed by atoms with E-state index in [9.17, 15) is 18.0 Å². The molecule has 0 spiro atoms. The average molecular weight is 280 g/mol. The number of alkyl halides is 3. The van der Waals surface area contributed by atoms with Crippen LogP contribution >= 0.6 is 0 Å². The van der Waals surface area contributed by atoms with Gasteiger partial charge in [0.05, 0.1) is 6.54 Å². The quantitative estimate of drug-likeness (QED) is 0.704. The van der Waals surface area contributed by atoms with Crippen molar-refractivity contribution < 1.29 is 18.0 Å². The SMILES string of the molecule is O=C(CNCCCCC(F)(F)F)NC1CCCCC1. The van der Waals surface area contributed by atoms with Gasteiger partial charge in [0.2, 0.25) is 5.91 Å². The van der Waals surface area contributed by atoms with E-state index in [0.29, 0.717) is 13.0 Å². The Morgan fingerprint density at radius 1 is 1.11 bits per heavy atom. The topological polar surface area (TPSA) is 41.1 Å². The number of hydrogen-bond acceptors (Lipinski definition) is 2. The number of nitrogens with one attached hydrogen (secondary N) is 2. The van der Waals surface area contributed by atoms with Crippen LogP contribution in [0.25, 0.3) is 0 Å². The zero-order valence-electron chi connectivity index (χ0n) is 11.2. The molecule has 0 aromatic carbocycles. The molecule has 1 amide bonds. The molecule has 1 rings (SSSR count). The van der Waals surface area contributed by atoms with Crippen molar-refractivity contribution in [1.82, 2.24) is 10.6 Å². The fraction of sp³-hybridized carbons (Fsp3) is 0.923. The van der Waals surface area contributed by atoms with Crippen LogP contribution in [0.3, 0.4) is 0 Å². The van der Waals surface area contributed by atoms with Crippen molar-refractivity contribution in [2.75, 3.05) is 13.1 Å². The fourth-order valence-corrected chi connectivity index (χ4v) is 2.30. The Hall–Kier alpha value is -0.780. The summed E-state index contributed by atoms with van der Waals surface area (Å²) in [5.41, 5.74) is 0. The minimum absolute atomic E-state index is 0.0530. The van der Waals surface area contributed by atoms with Gasteiger partial charge in [-0.05, 0) is 32.2 Å². The lowest BCUT2D eigenvalue weighted by atomic mass is 9.95. The van der Waals surface area contributed by atoms with Crippen LogP contribution in [-0.4, -0.2) is 31.2 Å². The summed E-state index contributed by atoms with van der Waals surface area (Å²) in [5.74, 6) is -0.0530. The Kier molecular flexibility index (Phi) is 7.20. The zero-order valence-corrected chi connectivity index (χ0v) is 11.2. The number of hydrogen-bond donors (Lipinski definition) is 2. The second-order valence-corrected chi connectivity index (χ2v) is 5.15. The van der Waals surface area contributed by atoms with E-state index in [1.807, 2.05) is 0 Å². The lowest BCUT2D eigenvalue weighted by Crippen LogP contribution is -2.41. The monoisotopic (exact) mass is 280 g/mol. The summed E-state index contributed by atoms with van der Waals surface area (Å²) in [5, 5.41) is 5.83. The van der Waals surface area contributed by atoms with Crippen molar-refractivity contribution >= 4 is 5.91 Å². The highest BCUT2D eigenvalue weighted by atomic mass is 19.4. The first kappa shape index (κ1) is 16.3. The van der Waals surface area contributed by atoms with Gasteiger partial charge in [0.15, 0.2) is 0 Å². The number of halogens is 3. The van der Waals surface area contributed by atoms with Crippen LogP contribution in [0, 0.1) is 0 Å².